The van der Waals surface area contributed by atoms with E-state index in [2.05, 4.69) is 20.8 Å². The van der Waals surface area contributed by atoms with E-state index >= 15 is 0 Å². The molecule has 0 heterocycles. The van der Waals surface area contributed by atoms with Gasteiger partial charge in [0.25, 0.3) is 0 Å². The van der Waals surface area contributed by atoms with Crippen LogP contribution in [0.2, 0.25) is 5.31 Å². The van der Waals surface area contributed by atoms with Crippen LogP contribution in [0, 0.1) is 5.41 Å². The lowest BCUT2D eigenvalue weighted by Gasteiger charge is -2.43. The Kier molecular flexibility index (Phi) is 6.10. The first-order valence-corrected chi connectivity index (χ1v) is 7.75. The van der Waals surface area contributed by atoms with Gasteiger partial charge in [0, 0.05) is 0 Å². The third-order valence-electron chi connectivity index (χ3n) is 4.74. The van der Waals surface area contributed by atoms with Crippen molar-refractivity contribution in [3.63, 3.8) is 0 Å². The molecule has 1 aliphatic rings. The fourth-order valence-electron chi connectivity index (χ4n) is 2.99. The van der Waals surface area contributed by atoms with E-state index in [1.54, 1.807) is 0 Å². The highest BCUT2D eigenvalue weighted by Gasteiger charge is 2.35. The maximum Gasteiger partial charge on any atom is 0.0753 e. The average Bonchev–Trinajstić information content (AvgIpc) is 2.21. The third kappa shape index (κ3) is 5.06. The van der Waals surface area contributed by atoms with Crippen LogP contribution in [0.15, 0.2) is 0 Å². The third-order valence-corrected chi connectivity index (χ3v) is 4.74. The van der Waals surface area contributed by atoms with Gasteiger partial charge >= 0.3 is 0 Å². The van der Waals surface area contributed by atoms with Gasteiger partial charge in [0.05, 0.1) is 7.85 Å². The van der Waals surface area contributed by atoms with E-state index in [-0.39, 0.29) is 10.7 Å². The van der Waals surface area contributed by atoms with Gasteiger partial charge in [0.2, 0.25) is 0 Å². The van der Waals surface area contributed by atoms with Gasteiger partial charge < -0.3 is 0 Å². The zero-order valence-electron chi connectivity index (χ0n) is 12.4. The van der Waals surface area contributed by atoms with E-state index in [0.29, 0.717) is 0 Å². The average molecular weight is 234 g/mol. The predicted octanol–water partition coefficient (Wildman–Crippen LogP) is 5.66. The summed E-state index contributed by atoms with van der Waals surface area (Å²) >= 11 is 0. The Balaban J connectivity index is 2.54. The first-order chi connectivity index (χ1) is 7.96. The summed E-state index contributed by atoms with van der Waals surface area (Å²) in [6.45, 7) is 6.95. The minimum atomic E-state index is 0.0617. The Morgan fingerprint density at radius 2 is 0.941 bits per heavy atom. The first kappa shape index (κ1) is 15.1. The minimum Gasteiger partial charge on any atom is -0.0613 e. The van der Waals surface area contributed by atoms with Crippen LogP contribution in [0.4, 0.5) is 0 Å². The minimum absolute atomic E-state index is 0.0617. The Morgan fingerprint density at radius 3 is 1.24 bits per heavy atom. The molecule has 1 aliphatic carbocycles. The van der Waals surface area contributed by atoms with Gasteiger partial charge in [-0.3, -0.25) is 0 Å². The fraction of sp³-hybridized carbons (Fsp3) is 1.00. The van der Waals surface area contributed by atoms with Crippen LogP contribution in [-0.4, -0.2) is 7.85 Å². The summed E-state index contributed by atoms with van der Waals surface area (Å²) in [6.07, 6.45) is 15.0. The molecule has 17 heavy (non-hydrogen) atoms. The molecule has 0 bridgehead atoms. The monoisotopic (exact) mass is 234 g/mol. The maximum atomic E-state index is 6.72. The van der Waals surface area contributed by atoms with Crippen molar-refractivity contribution in [2.45, 2.75) is 96.7 Å². The highest BCUT2D eigenvalue weighted by atomic mass is 14.4. The lowest BCUT2D eigenvalue weighted by atomic mass is 9.50. The molecule has 0 spiro atoms. The second-order valence-corrected chi connectivity index (χ2v) is 7.09. The van der Waals surface area contributed by atoms with Gasteiger partial charge in [0.15, 0.2) is 0 Å². The van der Waals surface area contributed by atoms with Crippen LogP contribution in [0.3, 0.4) is 0 Å². The Morgan fingerprint density at radius 1 is 0.647 bits per heavy atom. The number of hydrogen-bond donors (Lipinski definition) is 0. The zero-order chi connectivity index (χ0) is 12.8. The van der Waals surface area contributed by atoms with Gasteiger partial charge in [-0.15, -0.1) is 0 Å². The van der Waals surface area contributed by atoms with Crippen molar-refractivity contribution in [2.75, 3.05) is 0 Å². The summed E-state index contributed by atoms with van der Waals surface area (Å²) < 4.78 is 0. The summed E-state index contributed by atoms with van der Waals surface area (Å²) in [5.74, 6) is 0. The molecule has 0 aromatic rings. The molecule has 0 nitrogen and oxygen atoms in total. The number of hydrogen-bond acceptors (Lipinski definition) is 0. The SMILES string of the molecule is [B]C1(C(C)(C)C)CCCCCCCCCCC1. The van der Waals surface area contributed by atoms with Crippen molar-refractivity contribution in [1.29, 1.82) is 0 Å². The molecular formula is C16H31B. The van der Waals surface area contributed by atoms with Crippen LogP contribution in [0.25, 0.3) is 0 Å². The second kappa shape index (κ2) is 6.85. The van der Waals surface area contributed by atoms with E-state index in [0.717, 1.165) is 0 Å². The molecular weight excluding hydrogens is 203 g/mol. The lowest BCUT2D eigenvalue weighted by molar-refractivity contribution is 0.220. The number of rotatable bonds is 0. The quantitative estimate of drug-likeness (QED) is 0.474. The molecule has 0 aromatic carbocycles. The Labute approximate surface area is 110 Å². The summed E-state index contributed by atoms with van der Waals surface area (Å²) in [7, 11) is 6.72. The predicted molar refractivity (Wildman–Crippen MR) is 78.7 cm³/mol. The molecule has 98 valence electrons. The zero-order valence-corrected chi connectivity index (χ0v) is 12.4. The molecule has 1 heteroatoms. The van der Waals surface area contributed by atoms with E-state index in [4.69, 9.17) is 7.85 Å². The van der Waals surface area contributed by atoms with E-state index in [9.17, 15) is 0 Å². The maximum absolute atomic E-state index is 6.72. The van der Waals surface area contributed by atoms with Gasteiger partial charge in [0.1, 0.15) is 0 Å². The summed E-state index contributed by atoms with van der Waals surface area (Å²) in [5.41, 5.74) is 0.247. The normalized spacial score (nSPS) is 24.6. The van der Waals surface area contributed by atoms with Gasteiger partial charge in [-0.2, -0.15) is 0 Å². The van der Waals surface area contributed by atoms with Crippen LogP contribution in [0.5, 0.6) is 0 Å². The van der Waals surface area contributed by atoms with Gasteiger partial charge in [-0.1, -0.05) is 96.7 Å². The molecule has 1 rings (SSSR count). The van der Waals surface area contributed by atoms with Gasteiger partial charge in [-0.05, 0) is 5.41 Å². The van der Waals surface area contributed by atoms with Crippen molar-refractivity contribution in [3.8, 4) is 0 Å². The molecule has 0 atom stereocenters. The van der Waals surface area contributed by atoms with E-state index in [1.165, 1.54) is 70.6 Å². The molecule has 0 aromatic heterocycles. The highest BCUT2D eigenvalue weighted by Crippen LogP contribution is 2.50. The Bertz CT molecular complexity index is 190. The van der Waals surface area contributed by atoms with Crippen LogP contribution in [-0.2, 0) is 0 Å². The van der Waals surface area contributed by atoms with E-state index < -0.39 is 0 Å². The highest BCUT2D eigenvalue weighted by molar-refractivity contribution is 6.15. The smallest absolute Gasteiger partial charge is 0.0613 e. The van der Waals surface area contributed by atoms with Crippen LogP contribution >= 0.6 is 0 Å². The molecule has 2 radical (unpaired) electrons. The molecule has 0 N–H and O–H groups in total. The largest absolute Gasteiger partial charge is 0.0753 e. The van der Waals surface area contributed by atoms with Crippen molar-refractivity contribution in [2.24, 2.45) is 5.41 Å². The second-order valence-electron chi connectivity index (χ2n) is 7.09. The summed E-state index contributed by atoms with van der Waals surface area (Å²) in [4.78, 5) is 0. The topological polar surface area (TPSA) is 0 Å². The molecule has 1 saturated carbocycles. The molecule has 0 amide bonds. The Hall–Kier alpha value is 0.0649. The van der Waals surface area contributed by atoms with Crippen molar-refractivity contribution in [1.82, 2.24) is 0 Å². The lowest BCUT2D eigenvalue weighted by Crippen LogP contribution is -2.29. The van der Waals surface area contributed by atoms with E-state index in [1.807, 2.05) is 0 Å². The summed E-state index contributed by atoms with van der Waals surface area (Å²) in [6, 6.07) is 0. The molecule has 0 saturated heterocycles. The summed E-state index contributed by atoms with van der Waals surface area (Å²) in [5, 5.41) is 0.0617. The fourth-order valence-corrected chi connectivity index (χ4v) is 2.99. The molecule has 0 unspecified atom stereocenters. The van der Waals surface area contributed by atoms with Crippen molar-refractivity contribution < 1.29 is 0 Å². The standard InChI is InChI=1S/C16H31B/c1-15(2,3)16(17)13-11-9-7-5-4-6-8-10-12-14-16/h4-14H2,1-3H3. The molecule has 1 fully saturated rings. The van der Waals surface area contributed by atoms with Crippen molar-refractivity contribution >= 4 is 7.85 Å². The molecule has 0 aliphatic heterocycles. The first-order valence-electron chi connectivity index (χ1n) is 7.75. The van der Waals surface area contributed by atoms with Gasteiger partial charge in [-0.25, -0.2) is 0 Å². The van der Waals surface area contributed by atoms with Crippen LogP contribution < -0.4 is 0 Å². The van der Waals surface area contributed by atoms with Crippen LogP contribution in [0.1, 0.15) is 91.4 Å². The van der Waals surface area contributed by atoms with Crippen molar-refractivity contribution in [3.05, 3.63) is 0 Å².